The van der Waals surface area contributed by atoms with Crippen molar-refractivity contribution in [1.82, 2.24) is 20.1 Å². The van der Waals surface area contributed by atoms with Crippen molar-refractivity contribution in [3.8, 4) is 17.1 Å². The molecule has 1 aromatic heterocycles. The monoisotopic (exact) mass is 410 g/mol. The van der Waals surface area contributed by atoms with Crippen LogP contribution < -0.4 is 5.32 Å². The SMILES string of the molecule is O=C(CSc1nnc(-c2ccccc2F)n1-c1ccccc1)NCC(F)(F)F. The molecule has 10 heteroatoms. The van der Waals surface area contributed by atoms with E-state index in [1.54, 1.807) is 58.4 Å². The first-order chi connectivity index (χ1) is 13.3. The van der Waals surface area contributed by atoms with Crippen LogP contribution in [-0.2, 0) is 4.79 Å². The lowest BCUT2D eigenvalue weighted by Crippen LogP contribution is -2.34. The molecule has 1 N–H and O–H groups in total. The highest BCUT2D eigenvalue weighted by Crippen LogP contribution is 2.29. The largest absolute Gasteiger partial charge is 0.405 e. The Labute approximate surface area is 161 Å². The van der Waals surface area contributed by atoms with Gasteiger partial charge in [0.1, 0.15) is 12.4 Å². The van der Waals surface area contributed by atoms with E-state index in [1.165, 1.54) is 6.07 Å². The van der Waals surface area contributed by atoms with Gasteiger partial charge in [0.05, 0.1) is 11.3 Å². The number of aromatic nitrogens is 3. The molecular weight excluding hydrogens is 396 g/mol. The Kier molecular flexibility index (Phi) is 5.98. The summed E-state index contributed by atoms with van der Waals surface area (Å²) in [6, 6.07) is 14.9. The Morgan fingerprint density at radius 3 is 2.39 bits per heavy atom. The second-order valence-corrected chi connectivity index (χ2v) is 6.58. The maximum Gasteiger partial charge on any atom is 0.405 e. The fraction of sp³-hybridized carbons (Fsp3) is 0.167. The summed E-state index contributed by atoms with van der Waals surface area (Å²) in [5, 5.41) is 10.1. The Morgan fingerprint density at radius 2 is 1.71 bits per heavy atom. The number of hydrogen-bond acceptors (Lipinski definition) is 4. The molecule has 0 unspecified atom stereocenters. The summed E-state index contributed by atoms with van der Waals surface area (Å²) in [7, 11) is 0. The molecule has 0 aliphatic rings. The summed E-state index contributed by atoms with van der Waals surface area (Å²) >= 11 is 0.909. The van der Waals surface area contributed by atoms with Crippen LogP contribution in [0.25, 0.3) is 17.1 Å². The highest BCUT2D eigenvalue weighted by atomic mass is 32.2. The third-order valence-electron chi connectivity index (χ3n) is 3.58. The van der Waals surface area contributed by atoms with Crippen molar-refractivity contribution in [3.05, 3.63) is 60.4 Å². The van der Waals surface area contributed by atoms with Crippen LogP contribution in [0, 0.1) is 5.82 Å². The number of halogens is 4. The van der Waals surface area contributed by atoms with Crippen LogP contribution >= 0.6 is 11.8 Å². The molecule has 2 aromatic carbocycles. The molecule has 0 fully saturated rings. The fourth-order valence-corrected chi connectivity index (χ4v) is 3.15. The van der Waals surface area contributed by atoms with Crippen molar-refractivity contribution < 1.29 is 22.4 Å². The zero-order chi connectivity index (χ0) is 20.1. The molecule has 3 rings (SSSR count). The predicted octanol–water partition coefficient (Wildman–Crippen LogP) is 3.84. The van der Waals surface area contributed by atoms with Gasteiger partial charge in [-0.2, -0.15) is 13.2 Å². The standard InChI is InChI=1S/C18H14F4N4OS/c19-14-9-5-4-8-13(14)16-24-25-17(26(16)12-6-2-1-3-7-12)28-10-15(27)23-11-18(20,21)22/h1-9H,10-11H2,(H,23,27). The first kappa shape index (κ1) is 19.9. The normalized spacial score (nSPS) is 11.4. The smallest absolute Gasteiger partial charge is 0.346 e. The van der Waals surface area contributed by atoms with E-state index in [9.17, 15) is 22.4 Å². The quantitative estimate of drug-likeness (QED) is 0.496. The summed E-state index contributed by atoms with van der Waals surface area (Å²) in [6.07, 6.45) is -4.48. The third-order valence-corrected chi connectivity index (χ3v) is 4.51. The van der Waals surface area contributed by atoms with Gasteiger partial charge < -0.3 is 5.32 Å². The number of alkyl halides is 3. The zero-order valence-electron chi connectivity index (χ0n) is 14.3. The number of hydrogen-bond donors (Lipinski definition) is 1. The number of nitrogens with zero attached hydrogens (tertiary/aromatic N) is 3. The minimum Gasteiger partial charge on any atom is -0.346 e. The van der Waals surface area contributed by atoms with Gasteiger partial charge in [0, 0.05) is 5.69 Å². The maximum absolute atomic E-state index is 14.2. The number of benzene rings is 2. The topological polar surface area (TPSA) is 59.8 Å². The van der Waals surface area contributed by atoms with Gasteiger partial charge in [0.15, 0.2) is 11.0 Å². The summed E-state index contributed by atoms with van der Waals surface area (Å²) in [6.45, 7) is -1.40. The first-order valence-corrected chi connectivity index (χ1v) is 9.06. The van der Waals surface area contributed by atoms with Crippen molar-refractivity contribution in [2.75, 3.05) is 12.3 Å². The second kappa shape index (κ2) is 8.42. The Balaban J connectivity index is 1.88. The Hall–Kier alpha value is -2.88. The van der Waals surface area contributed by atoms with Gasteiger partial charge in [0.2, 0.25) is 5.91 Å². The molecule has 0 saturated carbocycles. The van der Waals surface area contributed by atoms with Crippen molar-refractivity contribution in [1.29, 1.82) is 0 Å². The molecule has 146 valence electrons. The van der Waals surface area contributed by atoms with E-state index < -0.39 is 24.4 Å². The molecule has 0 atom stereocenters. The molecule has 0 bridgehead atoms. The van der Waals surface area contributed by atoms with Crippen molar-refractivity contribution in [2.45, 2.75) is 11.3 Å². The lowest BCUT2D eigenvalue weighted by Gasteiger charge is -2.11. The highest BCUT2D eigenvalue weighted by molar-refractivity contribution is 7.99. The number of thioether (sulfide) groups is 1. The van der Waals surface area contributed by atoms with E-state index in [0.29, 0.717) is 5.69 Å². The summed E-state index contributed by atoms with van der Waals surface area (Å²) < 4.78 is 52.4. The van der Waals surface area contributed by atoms with E-state index in [-0.39, 0.29) is 22.3 Å². The molecule has 0 saturated heterocycles. The van der Waals surface area contributed by atoms with Crippen molar-refractivity contribution >= 4 is 17.7 Å². The minimum atomic E-state index is -4.48. The van der Waals surface area contributed by atoms with Crippen LogP contribution in [0.5, 0.6) is 0 Å². The van der Waals surface area contributed by atoms with Gasteiger partial charge >= 0.3 is 6.18 Å². The average Bonchev–Trinajstić information content (AvgIpc) is 3.09. The van der Waals surface area contributed by atoms with Gasteiger partial charge in [0.25, 0.3) is 0 Å². The highest BCUT2D eigenvalue weighted by Gasteiger charge is 2.28. The molecule has 1 heterocycles. The molecule has 0 spiro atoms. The number of amides is 1. The molecule has 28 heavy (non-hydrogen) atoms. The predicted molar refractivity (Wildman–Crippen MR) is 96.5 cm³/mol. The summed E-state index contributed by atoms with van der Waals surface area (Å²) in [4.78, 5) is 11.7. The number of nitrogens with one attached hydrogen (secondary N) is 1. The van der Waals surface area contributed by atoms with E-state index in [2.05, 4.69) is 10.2 Å². The summed E-state index contributed by atoms with van der Waals surface area (Å²) in [5.41, 5.74) is 0.844. The lowest BCUT2D eigenvalue weighted by molar-refractivity contribution is -0.136. The van der Waals surface area contributed by atoms with Crippen LogP contribution in [0.2, 0.25) is 0 Å². The molecular formula is C18H14F4N4OS. The van der Waals surface area contributed by atoms with Gasteiger partial charge in [-0.15, -0.1) is 10.2 Å². The average molecular weight is 410 g/mol. The summed E-state index contributed by atoms with van der Waals surface area (Å²) in [5.74, 6) is -1.36. The van der Waals surface area contributed by atoms with Gasteiger partial charge in [-0.3, -0.25) is 9.36 Å². The zero-order valence-corrected chi connectivity index (χ0v) is 15.1. The number of rotatable bonds is 6. The van der Waals surface area contributed by atoms with Crippen LogP contribution in [0.3, 0.4) is 0 Å². The van der Waals surface area contributed by atoms with Crippen LogP contribution in [0.15, 0.2) is 59.8 Å². The second-order valence-electron chi connectivity index (χ2n) is 5.64. The Bertz CT molecular complexity index is 960. The van der Waals surface area contributed by atoms with Crippen LogP contribution in [0.4, 0.5) is 17.6 Å². The molecule has 0 aliphatic heterocycles. The van der Waals surface area contributed by atoms with E-state index in [0.717, 1.165) is 11.8 Å². The van der Waals surface area contributed by atoms with Crippen LogP contribution in [-0.4, -0.2) is 39.1 Å². The van der Waals surface area contributed by atoms with E-state index in [1.807, 2.05) is 0 Å². The van der Waals surface area contributed by atoms with E-state index in [4.69, 9.17) is 0 Å². The minimum absolute atomic E-state index is 0.215. The fourth-order valence-electron chi connectivity index (χ4n) is 2.37. The van der Waals surface area contributed by atoms with Crippen molar-refractivity contribution in [3.63, 3.8) is 0 Å². The molecule has 0 radical (unpaired) electrons. The Morgan fingerprint density at radius 1 is 1.04 bits per heavy atom. The number of carbonyl (C=O) groups excluding carboxylic acids is 1. The molecule has 3 aromatic rings. The lowest BCUT2D eigenvalue weighted by atomic mass is 10.2. The van der Waals surface area contributed by atoms with Gasteiger partial charge in [-0.25, -0.2) is 4.39 Å². The van der Waals surface area contributed by atoms with Gasteiger partial charge in [-0.05, 0) is 24.3 Å². The van der Waals surface area contributed by atoms with E-state index >= 15 is 0 Å². The van der Waals surface area contributed by atoms with Crippen LogP contribution in [0.1, 0.15) is 0 Å². The van der Waals surface area contributed by atoms with Crippen molar-refractivity contribution in [2.24, 2.45) is 0 Å². The molecule has 5 nitrogen and oxygen atoms in total. The maximum atomic E-state index is 14.2. The number of carbonyl (C=O) groups is 1. The first-order valence-electron chi connectivity index (χ1n) is 8.07. The van der Waals surface area contributed by atoms with Gasteiger partial charge in [-0.1, -0.05) is 42.1 Å². The molecule has 0 aliphatic carbocycles. The third kappa shape index (κ3) is 4.89. The molecule has 1 amide bonds. The number of para-hydroxylation sites is 1.